The summed E-state index contributed by atoms with van der Waals surface area (Å²) < 4.78 is 18.8. The molecule has 20 heavy (non-hydrogen) atoms. The second-order valence-electron chi connectivity index (χ2n) is 4.01. The Morgan fingerprint density at radius 3 is 2.75 bits per heavy atom. The zero-order chi connectivity index (χ0) is 14.7. The summed E-state index contributed by atoms with van der Waals surface area (Å²) in [6.07, 6.45) is 0. The van der Waals surface area contributed by atoms with Crippen molar-refractivity contribution in [2.75, 3.05) is 5.73 Å². The van der Waals surface area contributed by atoms with Crippen molar-refractivity contribution in [3.05, 3.63) is 51.7 Å². The summed E-state index contributed by atoms with van der Waals surface area (Å²) in [6, 6.07) is 4.73. The number of aromatic nitrogens is 2. The number of aryl methyl sites for hydroxylation is 1. The normalized spacial score (nSPS) is 10.3. The summed E-state index contributed by atoms with van der Waals surface area (Å²) in [6.45, 7) is 1.66. The summed E-state index contributed by atoms with van der Waals surface area (Å²) in [4.78, 5) is 17.8. The van der Waals surface area contributed by atoms with Crippen LogP contribution in [-0.2, 0) is 6.61 Å². The highest BCUT2D eigenvalue weighted by Gasteiger charge is 2.12. The highest BCUT2D eigenvalue weighted by atomic mass is 19.1. The van der Waals surface area contributed by atoms with Gasteiger partial charge in [0, 0.05) is 17.8 Å². The van der Waals surface area contributed by atoms with E-state index >= 15 is 0 Å². The zero-order valence-electron chi connectivity index (χ0n) is 10.5. The van der Waals surface area contributed by atoms with Crippen LogP contribution >= 0.6 is 0 Å². The third kappa shape index (κ3) is 3.16. The van der Waals surface area contributed by atoms with E-state index in [1.54, 1.807) is 13.0 Å². The molecular formula is C12H11FN4O3. The van der Waals surface area contributed by atoms with Crippen molar-refractivity contribution in [1.29, 1.82) is 0 Å². The van der Waals surface area contributed by atoms with Crippen LogP contribution in [0.15, 0.2) is 24.3 Å². The van der Waals surface area contributed by atoms with Gasteiger partial charge in [-0.2, -0.15) is 0 Å². The van der Waals surface area contributed by atoms with E-state index in [9.17, 15) is 14.5 Å². The van der Waals surface area contributed by atoms with E-state index in [1.807, 2.05) is 0 Å². The van der Waals surface area contributed by atoms with Gasteiger partial charge in [-0.05, 0) is 13.0 Å². The molecule has 2 rings (SSSR count). The molecule has 2 N–H and O–H groups in total. The first-order valence-corrected chi connectivity index (χ1v) is 5.62. The van der Waals surface area contributed by atoms with Crippen LogP contribution in [0.2, 0.25) is 0 Å². The Kier molecular flexibility index (Phi) is 3.74. The first-order chi connectivity index (χ1) is 9.45. The number of ether oxygens (including phenoxy) is 1. The Labute approximate surface area is 113 Å². The molecule has 1 heterocycles. The number of anilines is 1. The van der Waals surface area contributed by atoms with Gasteiger partial charge in [-0.15, -0.1) is 0 Å². The van der Waals surface area contributed by atoms with E-state index in [4.69, 9.17) is 10.5 Å². The Balaban J connectivity index is 2.12. The number of halogens is 1. The Morgan fingerprint density at radius 1 is 1.40 bits per heavy atom. The highest BCUT2D eigenvalue weighted by molar-refractivity contribution is 5.37. The smallest absolute Gasteiger partial charge is 0.272 e. The highest BCUT2D eigenvalue weighted by Crippen LogP contribution is 2.23. The number of non-ortho nitro benzene ring substituents is 1. The largest absolute Gasteiger partial charge is 0.483 e. The van der Waals surface area contributed by atoms with Crippen LogP contribution in [0, 0.1) is 22.9 Å². The van der Waals surface area contributed by atoms with Gasteiger partial charge in [-0.3, -0.25) is 10.1 Å². The predicted octanol–water partition coefficient (Wildman–Crippen LogP) is 1.99. The Hall–Kier alpha value is -2.77. The number of nitrogens with two attached hydrogens (primary N) is 1. The fraction of sp³-hybridized carbons (Fsp3) is 0.167. The zero-order valence-corrected chi connectivity index (χ0v) is 10.5. The molecule has 0 bridgehead atoms. The fourth-order valence-corrected chi connectivity index (χ4v) is 1.58. The topological polar surface area (TPSA) is 104 Å². The molecule has 0 spiro atoms. The number of nitrogens with zero attached hydrogens (tertiary/aromatic N) is 3. The second kappa shape index (κ2) is 5.47. The van der Waals surface area contributed by atoms with Crippen molar-refractivity contribution in [2.24, 2.45) is 0 Å². The SMILES string of the molecule is Cc1cc(N)nc(COc2ccc([N+](=O)[O-])cc2F)n1. The van der Waals surface area contributed by atoms with Crippen molar-refractivity contribution in [2.45, 2.75) is 13.5 Å². The molecule has 0 saturated heterocycles. The second-order valence-corrected chi connectivity index (χ2v) is 4.01. The Bertz CT molecular complexity index is 643. The maximum Gasteiger partial charge on any atom is 0.272 e. The quantitative estimate of drug-likeness (QED) is 0.677. The molecule has 0 saturated carbocycles. The van der Waals surface area contributed by atoms with Gasteiger partial charge in [0.05, 0.1) is 11.0 Å². The lowest BCUT2D eigenvalue weighted by Crippen LogP contribution is -2.06. The third-order valence-corrected chi connectivity index (χ3v) is 2.40. The van der Waals surface area contributed by atoms with E-state index in [0.29, 0.717) is 17.3 Å². The van der Waals surface area contributed by atoms with E-state index in [0.717, 1.165) is 12.1 Å². The van der Waals surface area contributed by atoms with Crippen LogP contribution in [0.4, 0.5) is 15.9 Å². The summed E-state index contributed by atoms with van der Waals surface area (Å²) in [5.41, 5.74) is 5.88. The van der Waals surface area contributed by atoms with Gasteiger partial charge in [0.25, 0.3) is 5.69 Å². The summed E-state index contributed by atoms with van der Waals surface area (Å²) in [5, 5.41) is 10.5. The van der Waals surface area contributed by atoms with Gasteiger partial charge in [-0.1, -0.05) is 0 Å². The van der Waals surface area contributed by atoms with Crippen molar-refractivity contribution < 1.29 is 14.1 Å². The van der Waals surface area contributed by atoms with Crippen LogP contribution in [0.3, 0.4) is 0 Å². The molecule has 0 fully saturated rings. The molecule has 1 aromatic heterocycles. The van der Waals surface area contributed by atoms with Crippen molar-refractivity contribution >= 4 is 11.5 Å². The molecule has 2 aromatic rings. The number of benzene rings is 1. The maximum absolute atomic E-state index is 13.6. The summed E-state index contributed by atoms with van der Waals surface area (Å²) in [5.74, 6) is -0.334. The monoisotopic (exact) mass is 278 g/mol. The van der Waals surface area contributed by atoms with Crippen molar-refractivity contribution in [3.8, 4) is 5.75 Å². The lowest BCUT2D eigenvalue weighted by molar-refractivity contribution is -0.385. The van der Waals surface area contributed by atoms with Crippen LogP contribution < -0.4 is 10.5 Å². The molecule has 0 aliphatic carbocycles. The summed E-state index contributed by atoms with van der Waals surface area (Å²) in [7, 11) is 0. The fourth-order valence-electron chi connectivity index (χ4n) is 1.58. The first kappa shape index (κ1) is 13.7. The van der Waals surface area contributed by atoms with Gasteiger partial charge in [0.2, 0.25) is 0 Å². The molecule has 8 heteroatoms. The average molecular weight is 278 g/mol. The first-order valence-electron chi connectivity index (χ1n) is 5.62. The van der Waals surface area contributed by atoms with Crippen molar-refractivity contribution in [3.63, 3.8) is 0 Å². The average Bonchev–Trinajstić information content (AvgIpc) is 2.36. The number of rotatable bonds is 4. The molecule has 0 aliphatic rings. The molecule has 0 atom stereocenters. The van der Waals surface area contributed by atoms with E-state index in [-0.39, 0.29) is 18.0 Å². The molecule has 7 nitrogen and oxygen atoms in total. The molecule has 0 radical (unpaired) electrons. The molecule has 0 aliphatic heterocycles. The van der Waals surface area contributed by atoms with Gasteiger partial charge in [-0.25, -0.2) is 14.4 Å². The van der Waals surface area contributed by atoms with E-state index in [1.165, 1.54) is 6.07 Å². The molecule has 0 unspecified atom stereocenters. The number of hydrogen-bond donors (Lipinski definition) is 1. The minimum absolute atomic E-state index is 0.0827. The molecule has 104 valence electrons. The number of nitrogen functional groups attached to an aromatic ring is 1. The number of hydrogen-bond acceptors (Lipinski definition) is 6. The maximum atomic E-state index is 13.6. The standard InChI is InChI=1S/C12H11FN4O3/c1-7-4-11(14)16-12(15-7)6-20-10-3-2-8(17(18)19)5-9(10)13/h2-5H,6H2,1H3,(H2,14,15,16). The van der Waals surface area contributed by atoms with E-state index in [2.05, 4.69) is 9.97 Å². The van der Waals surface area contributed by atoms with E-state index < -0.39 is 10.7 Å². The minimum atomic E-state index is -0.820. The number of nitro benzene ring substituents is 1. The van der Waals surface area contributed by atoms with Crippen molar-refractivity contribution in [1.82, 2.24) is 9.97 Å². The Morgan fingerprint density at radius 2 is 2.15 bits per heavy atom. The summed E-state index contributed by atoms with van der Waals surface area (Å²) >= 11 is 0. The van der Waals surface area contributed by atoms with Gasteiger partial charge in [0.15, 0.2) is 17.4 Å². The molecule has 0 amide bonds. The molecular weight excluding hydrogens is 267 g/mol. The molecule has 1 aromatic carbocycles. The lowest BCUT2D eigenvalue weighted by atomic mass is 10.3. The number of nitro groups is 1. The van der Waals surface area contributed by atoms with Crippen LogP contribution in [-0.4, -0.2) is 14.9 Å². The van der Waals surface area contributed by atoms with Gasteiger partial charge >= 0.3 is 0 Å². The van der Waals surface area contributed by atoms with Crippen LogP contribution in [0.5, 0.6) is 5.75 Å². The minimum Gasteiger partial charge on any atom is -0.483 e. The van der Waals surface area contributed by atoms with Crippen LogP contribution in [0.25, 0.3) is 0 Å². The predicted molar refractivity (Wildman–Crippen MR) is 68.6 cm³/mol. The lowest BCUT2D eigenvalue weighted by Gasteiger charge is -2.07. The van der Waals surface area contributed by atoms with Gasteiger partial charge in [0.1, 0.15) is 12.4 Å². The van der Waals surface area contributed by atoms with Gasteiger partial charge < -0.3 is 10.5 Å². The third-order valence-electron chi connectivity index (χ3n) is 2.40. The van der Waals surface area contributed by atoms with Crippen LogP contribution in [0.1, 0.15) is 11.5 Å².